The zero-order valence-electron chi connectivity index (χ0n) is 13.0. The van der Waals surface area contributed by atoms with Gasteiger partial charge >= 0.3 is 5.97 Å². The molecular weight excluding hydrogens is 290 g/mol. The average molecular weight is 307 g/mol. The number of nitrogens with zero attached hydrogens (tertiary/aromatic N) is 2. The van der Waals surface area contributed by atoms with E-state index in [0.717, 1.165) is 22.3 Å². The van der Waals surface area contributed by atoms with Crippen LogP contribution >= 0.6 is 0 Å². The highest BCUT2D eigenvalue weighted by Crippen LogP contribution is 2.25. The first-order valence-corrected chi connectivity index (χ1v) is 7.43. The fourth-order valence-electron chi connectivity index (χ4n) is 2.31. The van der Waals surface area contributed by atoms with E-state index in [1.54, 1.807) is 31.5 Å². The normalized spacial score (nSPS) is 10.5. The van der Waals surface area contributed by atoms with Crippen molar-refractivity contribution in [2.45, 2.75) is 13.8 Å². The second-order valence-corrected chi connectivity index (χ2v) is 5.16. The lowest BCUT2D eigenvalue weighted by molar-refractivity contribution is 0.0519. The lowest BCUT2D eigenvalue weighted by Crippen LogP contribution is -2.07. The van der Waals surface area contributed by atoms with Crippen LogP contribution in [0.4, 0.5) is 11.5 Å². The summed E-state index contributed by atoms with van der Waals surface area (Å²) in [6.45, 7) is 4.15. The van der Waals surface area contributed by atoms with E-state index in [4.69, 9.17) is 4.74 Å². The molecule has 0 amide bonds. The Morgan fingerprint density at radius 3 is 2.78 bits per heavy atom. The van der Waals surface area contributed by atoms with Gasteiger partial charge in [-0.3, -0.25) is 0 Å². The Hall–Kier alpha value is -2.95. The van der Waals surface area contributed by atoms with Crippen molar-refractivity contribution in [1.82, 2.24) is 9.97 Å². The fourth-order valence-corrected chi connectivity index (χ4v) is 2.31. The van der Waals surface area contributed by atoms with Gasteiger partial charge in [0, 0.05) is 11.6 Å². The molecule has 3 aromatic rings. The number of hydrogen-bond donors (Lipinski definition) is 1. The molecule has 2 heterocycles. The first-order valence-electron chi connectivity index (χ1n) is 7.43. The number of anilines is 2. The van der Waals surface area contributed by atoms with Gasteiger partial charge in [0.05, 0.1) is 18.5 Å². The lowest BCUT2D eigenvalue weighted by Gasteiger charge is -2.09. The van der Waals surface area contributed by atoms with Crippen LogP contribution in [0.15, 0.2) is 48.8 Å². The maximum Gasteiger partial charge on any atom is 0.356 e. The molecule has 2 aromatic heterocycles. The maximum absolute atomic E-state index is 11.6. The van der Waals surface area contributed by atoms with E-state index in [2.05, 4.69) is 33.5 Å². The number of fused-ring (bicyclic) bond motifs is 1. The molecule has 0 bridgehead atoms. The number of ether oxygens (including phenoxy) is 1. The van der Waals surface area contributed by atoms with E-state index in [1.165, 1.54) is 5.56 Å². The molecule has 0 saturated heterocycles. The van der Waals surface area contributed by atoms with Gasteiger partial charge in [-0.15, -0.1) is 0 Å². The van der Waals surface area contributed by atoms with Crippen LogP contribution in [0.25, 0.3) is 10.8 Å². The van der Waals surface area contributed by atoms with Crippen LogP contribution in [0, 0.1) is 6.92 Å². The second kappa shape index (κ2) is 6.44. The summed E-state index contributed by atoms with van der Waals surface area (Å²) in [5.74, 6) is 0.342. The monoisotopic (exact) mass is 307 g/mol. The second-order valence-electron chi connectivity index (χ2n) is 5.16. The summed E-state index contributed by atoms with van der Waals surface area (Å²) >= 11 is 0. The molecule has 0 saturated carbocycles. The number of nitrogens with one attached hydrogen (secondary N) is 1. The minimum absolute atomic E-state index is 0.291. The number of hydrogen-bond acceptors (Lipinski definition) is 5. The predicted molar refractivity (Wildman–Crippen MR) is 90.0 cm³/mol. The Morgan fingerprint density at radius 1 is 1.17 bits per heavy atom. The number of rotatable bonds is 4. The van der Waals surface area contributed by atoms with Gasteiger partial charge in [0.15, 0.2) is 0 Å². The Labute approximate surface area is 134 Å². The smallest absolute Gasteiger partial charge is 0.356 e. The zero-order valence-corrected chi connectivity index (χ0v) is 13.0. The maximum atomic E-state index is 11.6. The Morgan fingerprint density at radius 2 is 2.04 bits per heavy atom. The van der Waals surface area contributed by atoms with E-state index >= 15 is 0 Å². The van der Waals surface area contributed by atoms with Gasteiger partial charge in [-0.25, -0.2) is 14.8 Å². The van der Waals surface area contributed by atoms with E-state index in [1.807, 2.05) is 13.0 Å². The molecule has 0 aliphatic rings. The third kappa shape index (κ3) is 3.29. The molecule has 0 aliphatic carbocycles. The van der Waals surface area contributed by atoms with Crippen LogP contribution in [0.3, 0.4) is 0 Å². The standard InChI is InChI=1S/C18H17N3O2/c1-3-23-18(22)16-7-6-14(11-20-16)21-17-15-10-12(2)4-5-13(15)8-9-19-17/h4-11H,3H2,1-2H3,(H,19,21). The Bertz CT molecular complexity index is 845. The minimum Gasteiger partial charge on any atom is -0.461 e. The summed E-state index contributed by atoms with van der Waals surface area (Å²) in [4.78, 5) is 20.1. The molecule has 1 N–H and O–H groups in total. The van der Waals surface area contributed by atoms with Crippen molar-refractivity contribution in [2.24, 2.45) is 0 Å². The van der Waals surface area contributed by atoms with Crippen molar-refractivity contribution in [2.75, 3.05) is 11.9 Å². The third-order valence-corrected chi connectivity index (χ3v) is 3.43. The number of esters is 1. The van der Waals surface area contributed by atoms with Crippen LogP contribution in [0.1, 0.15) is 23.0 Å². The van der Waals surface area contributed by atoms with Crippen LogP contribution < -0.4 is 5.32 Å². The van der Waals surface area contributed by atoms with Gasteiger partial charge in [0.25, 0.3) is 0 Å². The SMILES string of the molecule is CCOC(=O)c1ccc(Nc2nccc3ccc(C)cc23)cn1. The number of carbonyl (C=O) groups is 1. The largest absolute Gasteiger partial charge is 0.461 e. The first kappa shape index (κ1) is 15.0. The molecular formula is C18H17N3O2. The van der Waals surface area contributed by atoms with E-state index in [-0.39, 0.29) is 0 Å². The molecule has 5 nitrogen and oxygen atoms in total. The summed E-state index contributed by atoms with van der Waals surface area (Å²) in [6.07, 6.45) is 3.36. The molecule has 0 fully saturated rings. The number of benzene rings is 1. The number of aryl methyl sites for hydroxylation is 1. The van der Waals surface area contributed by atoms with E-state index in [9.17, 15) is 4.79 Å². The molecule has 116 valence electrons. The highest BCUT2D eigenvalue weighted by molar-refractivity contribution is 5.93. The highest BCUT2D eigenvalue weighted by Gasteiger charge is 2.08. The van der Waals surface area contributed by atoms with Gasteiger partial charge in [-0.05, 0) is 43.5 Å². The number of aromatic nitrogens is 2. The topological polar surface area (TPSA) is 64.1 Å². The van der Waals surface area contributed by atoms with Gasteiger partial charge in [0.1, 0.15) is 11.5 Å². The summed E-state index contributed by atoms with van der Waals surface area (Å²) in [5.41, 5.74) is 2.23. The zero-order chi connectivity index (χ0) is 16.2. The van der Waals surface area contributed by atoms with Crippen molar-refractivity contribution < 1.29 is 9.53 Å². The molecule has 23 heavy (non-hydrogen) atoms. The quantitative estimate of drug-likeness (QED) is 0.741. The van der Waals surface area contributed by atoms with Crippen molar-refractivity contribution in [3.8, 4) is 0 Å². The first-order chi connectivity index (χ1) is 11.2. The number of carbonyl (C=O) groups excluding carboxylic acids is 1. The van der Waals surface area contributed by atoms with Crippen LogP contribution in [-0.2, 0) is 4.74 Å². The van der Waals surface area contributed by atoms with E-state index in [0.29, 0.717) is 12.3 Å². The molecule has 0 atom stereocenters. The van der Waals surface area contributed by atoms with Gasteiger partial charge < -0.3 is 10.1 Å². The molecule has 5 heteroatoms. The van der Waals surface area contributed by atoms with Crippen LogP contribution in [0.5, 0.6) is 0 Å². The summed E-state index contributed by atoms with van der Waals surface area (Å²) in [5, 5.41) is 5.41. The predicted octanol–water partition coefficient (Wildman–Crippen LogP) is 3.86. The van der Waals surface area contributed by atoms with Crippen molar-refractivity contribution in [1.29, 1.82) is 0 Å². The van der Waals surface area contributed by atoms with Gasteiger partial charge in [-0.1, -0.05) is 17.7 Å². The molecule has 0 unspecified atom stereocenters. The summed E-state index contributed by atoms with van der Waals surface area (Å²) in [6, 6.07) is 11.6. The van der Waals surface area contributed by atoms with Gasteiger partial charge in [-0.2, -0.15) is 0 Å². The summed E-state index contributed by atoms with van der Waals surface area (Å²) < 4.78 is 4.92. The van der Waals surface area contributed by atoms with Gasteiger partial charge in [0.2, 0.25) is 0 Å². The van der Waals surface area contributed by atoms with Crippen molar-refractivity contribution in [3.05, 3.63) is 60.0 Å². The van der Waals surface area contributed by atoms with Crippen molar-refractivity contribution in [3.63, 3.8) is 0 Å². The van der Waals surface area contributed by atoms with E-state index < -0.39 is 5.97 Å². The highest BCUT2D eigenvalue weighted by atomic mass is 16.5. The van der Waals surface area contributed by atoms with Crippen molar-refractivity contribution >= 4 is 28.2 Å². The molecule has 0 radical (unpaired) electrons. The van der Waals surface area contributed by atoms with Crippen LogP contribution in [-0.4, -0.2) is 22.5 Å². The summed E-state index contributed by atoms with van der Waals surface area (Å²) in [7, 11) is 0. The van der Waals surface area contributed by atoms with Crippen LogP contribution in [0.2, 0.25) is 0 Å². The number of pyridine rings is 2. The average Bonchev–Trinajstić information content (AvgIpc) is 2.56. The Balaban J connectivity index is 1.87. The molecule has 3 rings (SSSR count). The Kier molecular flexibility index (Phi) is 4.19. The molecule has 1 aromatic carbocycles. The third-order valence-electron chi connectivity index (χ3n) is 3.43. The fraction of sp³-hybridized carbons (Fsp3) is 0.167. The molecule has 0 aliphatic heterocycles. The lowest BCUT2D eigenvalue weighted by atomic mass is 10.1. The minimum atomic E-state index is -0.419. The molecule has 0 spiro atoms.